The first-order valence-electron chi connectivity index (χ1n) is 22.8. The van der Waals surface area contributed by atoms with Crippen LogP contribution in [0.1, 0.15) is 31.8 Å². The van der Waals surface area contributed by atoms with Gasteiger partial charge >= 0.3 is 24.1 Å². The van der Waals surface area contributed by atoms with E-state index in [0.29, 0.717) is 45.0 Å². The van der Waals surface area contributed by atoms with E-state index in [1.54, 1.807) is 4.90 Å². The fraction of sp³-hybridized carbons (Fsp3) is 0.320. The highest BCUT2D eigenvalue weighted by Gasteiger charge is 2.28. The molecule has 24 heteroatoms. The van der Waals surface area contributed by atoms with E-state index in [-0.39, 0.29) is 75.2 Å². The molecule has 0 unspecified atom stereocenters. The average Bonchev–Trinajstić information content (AvgIpc) is 3.40. The van der Waals surface area contributed by atoms with Crippen molar-refractivity contribution in [2.24, 2.45) is 0 Å². The maximum Gasteiger partial charge on any atom is 0.420 e. The fourth-order valence-electron chi connectivity index (χ4n) is 7.36. The highest BCUT2D eigenvalue weighted by molar-refractivity contribution is 6.31. The van der Waals surface area contributed by atoms with Crippen LogP contribution >= 0.6 is 23.2 Å². The monoisotopic (exact) mass is 1070 g/mol. The predicted octanol–water partition coefficient (Wildman–Crippen LogP) is 7.54. The van der Waals surface area contributed by atoms with Gasteiger partial charge in [-0.05, 0) is 72.8 Å². The average molecular weight is 1070 g/mol. The minimum atomic E-state index is -0.983. The Labute approximate surface area is 433 Å². The number of hydrogen-bond donors (Lipinski definition) is 3. The van der Waals surface area contributed by atoms with Gasteiger partial charge in [-0.15, -0.1) is 0 Å². The van der Waals surface area contributed by atoms with Crippen molar-refractivity contribution in [1.82, 2.24) is 20.0 Å². The summed E-state index contributed by atoms with van der Waals surface area (Å²) >= 11 is 11.8. The number of carbonyl (C=O) groups is 4. The second kappa shape index (κ2) is 28.5. The number of benzene rings is 5. The molecule has 7 rings (SSSR count). The summed E-state index contributed by atoms with van der Waals surface area (Å²) in [5, 5.41) is 31.3. The lowest BCUT2D eigenvalue weighted by Crippen LogP contribution is -2.53. The number of rotatable bonds is 14. The van der Waals surface area contributed by atoms with Crippen LogP contribution in [0.3, 0.4) is 0 Å². The van der Waals surface area contributed by atoms with E-state index >= 15 is 0 Å². The molecule has 2 fully saturated rings. The molecule has 396 valence electrons. The van der Waals surface area contributed by atoms with Crippen LogP contribution < -0.4 is 19.9 Å². The number of carbonyl (C=O) groups excluding carboxylic acids is 4. The van der Waals surface area contributed by atoms with E-state index in [9.17, 15) is 46.9 Å². The minimum absolute atomic E-state index is 0.00896. The molecule has 18 nitrogen and oxygen atoms in total. The van der Waals surface area contributed by atoms with Crippen molar-refractivity contribution in [3.05, 3.63) is 163 Å². The molecule has 0 aromatic heterocycles. The maximum absolute atomic E-state index is 14.7. The Morgan fingerprint density at radius 3 is 1.53 bits per heavy atom. The third-order valence-electron chi connectivity index (χ3n) is 11.4. The number of nitro benzene ring substituents is 1. The summed E-state index contributed by atoms with van der Waals surface area (Å²) in [7, 11) is 2.36. The van der Waals surface area contributed by atoms with Crippen molar-refractivity contribution in [2.75, 3.05) is 103 Å². The number of hydrogen-bond acceptors (Lipinski definition) is 14. The summed E-state index contributed by atoms with van der Waals surface area (Å²) in [6, 6.07) is 19.1. The first kappa shape index (κ1) is 58.0. The molecule has 2 aliphatic rings. The number of urea groups is 1. The van der Waals surface area contributed by atoms with Gasteiger partial charge in [0.15, 0.2) is 0 Å². The molecule has 0 bridgehead atoms. The van der Waals surface area contributed by atoms with Gasteiger partial charge in [-0.3, -0.25) is 29.7 Å². The van der Waals surface area contributed by atoms with E-state index < -0.39 is 46.2 Å². The van der Waals surface area contributed by atoms with E-state index in [2.05, 4.69) is 19.7 Å². The summed E-state index contributed by atoms with van der Waals surface area (Å²) in [4.78, 5) is 67.9. The van der Waals surface area contributed by atoms with Crippen LogP contribution in [0.15, 0.2) is 97.1 Å². The zero-order valence-corrected chi connectivity index (χ0v) is 41.7. The molecule has 0 aliphatic carbocycles. The third kappa shape index (κ3) is 16.5. The topological polar surface area (TPSA) is 208 Å². The number of non-ortho nitro benzene ring substituents is 1. The van der Waals surface area contributed by atoms with Crippen LogP contribution in [0.25, 0.3) is 0 Å². The number of ether oxygens (including phenoxy) is 3. The number of piperazine rings is 2. The molecule has 3 N–H and O–H groups in total. The van der Waals surface area contributed by atoms with Crippen LogP contribution in [0.2, 0.25) is 10.0 Å². The summed E-state index contributed by atoms with van der Waals surface area (Å²) in [5.41, 5.74) is 0.430. The Balaban J connectivity index is 0.000000234. The smallest absolute Gasteiger partial charge is 0.420 e. The maximum atomic E-state index is 14.7. The predicted molar refractivity (Wildman–Crippen MR) is 267 cm³/mol. The van der Waals surface area contributed by atoms with Crippen molar-refractivity contribution >= 4 is 64.3 Å². The SMILES string of the molecule is COC(=O)c1ccc(CN(C(=O)N2CCN(CCO)CC2)c2ccc(F)c(Cl)c2)c(F)c1.COC(=O)c1ccc(CN(C(=O)Oc2ccc([N+](=O)[O-])cc2)c2ccc(F)c(Cl)c2)c(F)c1.OCCN1CCNCC1. The Morgan fingerprint density at radius 1 is 0.635 bits per heavy atom. The van der Waals surface area contributed by atoms with E-state index in [0.717, 1.165) is 87.2 Å². The number of β-amino-alcohol motifs (C(OH)–C–C–N with tert-alkyl or cyclic N) is 2. The molecule has 5 aromatic carbocycles. The lowest BCUT2D eigenvalue weighted by Gasteiger charge is -2.37. The van der Waals surface area contributed by atoms with Crippen molar-refractivity contribution in [3.8, 4) is 5.75 Å². The van der Waals surface area contributed by atoms with Gasteiger partial charge in [0.1, 0.15) is 29.0 Å². The molecule has 2 heterocycles. The zero-order chi connectivity index (χ0) is 53.9. The van der Waals surface area contributed by atoms with Crippen LogP contribution in [0, 0.1) is 33.4 Å². The van der Waals surface area contributed by atoms with Gasteiger partial charge in [0.25, 0.3) is 5.69 Å². The molecule has 0 spiro atoms. The van der Waals surface area contributed by atoms with Gasteiger partial charge in [-0.1, -0.05) is 35.3 Å². The molecule has 2 aliphatic heterocycles. The molecule has 0 radical (unpaired) electrons. The van der Waals surface area contributed by atoms with Crippen molar-refractivity contribution in [1.29, 1.82) is 0 Å². The van der Waals surface area contributed by atoms with Gasteiger partial charge in [0.2, 0.25) is 0 Å². The highest BCUT2D eigenvalue weighted by Crippen LogP contribution is 2.29. The number of nitrogens with one attached hydrogen (secondary N) is 1. The van der Waals surface area contributed by atoms with Gasteiger partial charge in [0.05, 0.1) is 66.6 Å². The number of esters is 2. The summed E-state index contributed by atoms with van der Waals surface area (Å²) in [6.07, 6.45) is -0.983. The first-order valence-corrected chi connectivity index (χ1v) is 23.5. The molecule has 0 atom stereocenters. The summed E-state index contributed by atoms with van der Waals surface area (Å²) < 4.78 is 71.1. The molecular formula is C50H53Cl2F4N7O11. The number of aliphatic hydroxyl groups is 2. The van der Waals surface area contributed by atoms with Crippen LogP contribution in [-0.2, 0) is 22.6 Å². The lowest BCUT2D eigenvalue weighted by atomic mass is 10.1. The van der Waals surface area contributed by atoms with Gasteiger partial charge in [-0.25, -0.2) is 36.7 Å². The molecule has 74 heavy (non-hydrogen) atoms. The summed E-state index contributed by atoms with van der Waals surface area (Å²) in [5.74, 6) is -4.24. The molecule has 5 aromatic rings. The largest absolute Gasteiger partial charge is 0.465 e. The molecular weight excluding hydrogens is 1020 g/mol. The Kier molecular flexibility index (Phi) is 22.3. The summed E-state index contributed by atoms with van der Waals surface area (Å²) in [6.45, 7) is 7.52. The minimum Gasteiger partial charge on any atom is -0.465 e. The lowest BCUT2D eigenvalue weighted by molar-refractivity contribution is -0.384. The molecule has 3 amide bonds. The van der Waals surface area contributed by atoms with Crippen LogP contribution in [0.5, 0.6) is 5.75 Å². The molecule has 0 saturated carbocycles. The Hall–Kier alpha value is -6.92. The standard InChI is InChI=1S/C22H24ClF2N3O4.C22H15ClF2N2O6.C6H14N2O/c1-32-21(30)15-2-3-16(20(25)12-15)14-28(17-4-5-19(24)18(23)13-17)22(31)27-8-6-26(7-9-27)10-11-29;1-32-21(28)13-2-3-14(20(25)10-13)12-26(16-6-9-19(24)18(23)11-16)22(29)33-17-7-4-15(5-8-17)27(30)31;9-6-5-8-3-1-7-2-4-8/h2-5,12-13,29H,6-11,14H2,1H3;2-11H,12H2,1H3;7,9H,1-6H2. The number of aliphatic hydroxyl groups excluding tert-OH is 2. The second-order valence-corrected chi connectivity index (χ2v) is 17.0. The van der Waals surface area contributed by atoms with Crippen molar-refractivity contribution in [2.45, 2.75) is 13.1 Å². The molecule has 2 saturated heterocycles. The van der Waals surface area contributed by atoms with Gasteiger partial charge in [0, 0.05) is 100 Å². The van der Waals surface area contributed by atoms with E-state index in [1.807, 2.05) is 4.90 Å². The van der Waals surface area contributed by atoms with Crippen molar-refractivity contribution < 1.29 is 66.1 Å². The van der Waals surface area contributed by atoms with Gasteiger partial charge in [-0.2, -0.15) is 0 Å². The highest BCUT2D eigenvalue weighted by atomic mass is 35.5. The van der Waals surface area contributed by atoms with Crippen LogP contribution in [-0.4, -0.2) is 147 Å². The van der Waals surface area contributed by atoms with Crippen molar-refractivity contribution in [3.63, 3.8) is 0 Å². The normalized spacial score (nSPS) is 13.6. The number of anilines is 2. The van der Waals surface area contributed by atoms with E-state index in [4.69, 9.17) is 38.2 Å². The number of nitrogens with zero attached hydrogens (tertiary/aromatic N) is 6. The Morgan fingerprint density at radius 2 is 1.09 bits per heavy atom. The second-order valence-electron chi connectivity index (χ2n) is 16.2. The van der Waals surface area contributed by atoms with E-state index in [1.165, 1.54) is 66.6 Å². The number of halogens is 6. The number of amides is 3. The number of methoxy groups -OCH3 is 2. The third-order valence-corrected chi connectivity index (χ3v) is 12.0. The zero-order valence-electron chi connectivity index (χ0n) is 40.2. The quantitative estimate of drug-likeness (QED) is 0.0425. The van der Waals surface area contributed by atoms with Crippen LogP contribution in [0.4, 0.5) is 44.2 Å². The van der Waals surface area contributed by atoms with Gasteiger partial charge < -0.3 is 34.6 Å². The fourth-order valence-corrected chi connectivity index (χ4v) is 7.71. The number of nitro groups is 1. The Bertz CT molecular complexity index is 2730. The first-order chi connectivity index (χ1) is 35.5.